The number of nitrogens with two attached hydrogens (primary N) is 1. The number of nitrogens with zero attached hydrogens (tertiary/aromatic N) is 1. The van der Waals surface area contributed by atoms with Crippen molar-refractivity contribution in [3.8, 4) is 0 Å². The van der Waals surface area contributed by atoms with Crippen LogP contribution in [0.4, 0.5) is 11.4 Å². The molecule has 7 nitrogen and oxygen atoms in total. The van der Waals surface area contributed by atoms with Gasteiger partial charge in [0.25, 0.3) is 5.69 Å². The Kier molecular flexibility index (Phi) is 5.05. The van der Waals surface area contributed by atoms with E-state index in [2.05, 4.69) is 5.32 Å². The van der Waals surface area contributed by atoms with E-state index in [1.54, 1.807) is 6.07 Å². The van der Waals surface area contributed by atoms with E-state index in [9.17, 15) is 14.3 Å². The van der Waals surface area contributed by atoms with Crippen LogP contribution in [-0.2, 0) is 15.7 Å². The van der Waals surface area contributed by atoms with Crippen LogP contribution in [-0.4, -0.2) is 28.9 Å². The van der Waals surface area contributed by atoms with Crippen LogP contribution in [0.5, 0.6) is 0 Å². The Bertz CT molecular complexity index is 517. The molecule has 1 saturated heterocycles. The maximum Gasteiger partial charge on any atom is 0.293 e. The maximum absolute atomic E-state index is 11.2. The lowest BCUT2D eigenvalue weighted by molar-refractivity contribution is -0.384. The van der Waals surface area contributed by atoms with Gasteiger partial charge in [0.15, 0.2) is 0 Å². The van der Waals surface area contributed by atoms with Crippen LogP contribution in [0.2, 0.25) is 0 Å². The van der Waals surface area contributed by atoms with E-state index in [1.165, 1.54) is 12.1 Å². The fraction of sp³-hybridized carbons (Fsp3) is 0.500. The molecule has 1 fully saturated rings. The largest absolute Gasteiger partial charge is 0.381 e. The molecule has 0 amide bonds. The smallest absolute Gasteiger partial charge is 0.293 e. The number of hydrogen-bond acceptors (Lipinski definition) is 5. The number of benzene rings is 1. The van der Waals surface area contributed by atoms with Crippen molar-refractivity contribution < 1.29 is 13.9 Å². The van der Waals surface area contributed by atoms with Crippen LogP contribution in [0.25, 0.3) is 0 Å². The minimum atomic E-state index is -1.72. The van der Waals surface area contributed by atoms with Crippen molar-refractivity contribution in [2.45, 2.75) is 17.7 Å². The van der Waals surface area contributed by atoms with Crippen LogP contribution in [0.15, 0.2) is 23.1 Å². The van der Waals surface area contributed by atoms with Crippen molar-refractivity contribution in [2.75, 3.05) is 25.1 Å². The van der Waals surface area contributed by atoms with Crippen molar-refractivity contribution >= 4 is 22.4 Å². The third kappa shape index (κ3) is 3.75. The quantitative estimate of drug-likeness (QED) is 0.631. The first-order chi connectivity index (χ1) is 9.58. The molecule has 0 aliphatic carbocycles. The van der Waals surface area contributed by atoms with Gasteiger partial charge in [-0.2, -0.15) is 0 Å². The Morgan fingerprint density at radius 3 is 2.75 bits per heavy atom. The number of hydrogen-bond donors (Lipinski definition) is 2. The summed E-state index contributed by atoms with van der Waals surface area (Å²) in [4.78, 5) is 10.8. The number of anilines is 1. The first-order valence-electron chi connectivity index (χ1n) is 6.34. The zero-order valence-electron chi connectivity index (χ0n) is 10.9. The van der Waals surface area contributed by atoms with E-state index >= 15 is 0 Å². The summed E-state index contributed by atoms with van der Waals surface area (Å²) < 4.78 is 16.4. The highest BCUT2D eigenvalue weighted by atomic mass is 32.2. The fourth-order valence-electron chi connectivity index (χ4n) is 2.14. The second-order valence-electron chi connectivity index (χ2n) is 4.67. The minimum Gasteiger partial charge on any atom is -0.381 e. The Labute approximate surface area is 119 Å². The summed E-state index contributed by atoms with van der Waals surface area (Å²) in [5, 5.41) is 19.4. The molecule has 1 aromatic rings. The van der Waals surface area contributed by atoms with Crippen LogP contribution in [0.1, 0.15) is 12.8 Å². The molecule has 1 aromatic carbocycles. The topological polar surface area (TPSA) is 107 Å². The standard InChI is InChI=1S/C12H17N3O4S/c13-20(18)10-1-2-11(12(7-10)15(16)17)14-8-9-3-5-19-6-4-9/h1-2,7,9,14H,3-6,8,13H2. The normalized spacial score (nSPS) is 17.6. The number of nitro groups is 1. The highest BCUT2D eigenvalue weighted by Crippen LogP contribution is 2.27. The van der Waals surface area contributed by atoms with Gasteiger partial charge < -0.3 is 10.1 Å². The third-order valence-electron chi connectivity index (χ3n) is 3.32. The first-order valence-corrected chi connectivity index (χ1v) is 7.55. The third-order valence-corrected chi connectivity index (χ3v) is 4.04. The lowest BCUT2D eigenvalue weighted by Crippen LogP contribution is -2.22. The number of nitro benzene ring substituents is 1. The zero-order chi connectivity index (χ0) is 14.5. The first kappa shape index (κ1) is 14.9. The van der Waals surface area contributed by atoms with E-state index in [4.69, 9.17) is 9.88 Å². The monoisotopic (exact) mass is 299 g/mol. The maximum atomic E-state index is 11.2. The summed E-state index contributed by atoms with van der Waals surface area (Å²) >= 11 is 0. The number of ether oxygens (including phenoxy) is 1. The van der Waals surface area contributed by atoms with Crippen molar-refractivity contribution in [3.63, 3.8) is 0 Å². The highest BCUT2D eigenvalue weighted by molar-refractivity contribution is 7.82. The van der Waals surface area contributed by atoms with Gasteiger partial charge in [-0.1, -0.05) is 0 Å². The number of rotatable bonds is 5. The molecule has 1 atom stereocenters. The molecule has 1 aliphatic heterocycles. The molecule has 1 heterocycles. The predicted octanol–water partition coefficient (Wildman–Crippen LogP) is 1.41. The van der Waals surface area contributed by atoms with Gasteiger partial charge in [0.05, 0.1) is 9.82 Å². The van der Waals surface area contributed by atoms with E-state index in [-0.39, 0.29) is 10.6 Å². The van der Waals surface area contributed by atoms with Gasteiger partial charge in [0.1, 0.15) is 16.7 Å². The Morgan fingerprint density at radius 2 is 2.15 bits per heavy atom. The summed E-state index contributed by atoms with van der Waals surface area (Å²) in [6.45, 7) is 2.13. The second kappa shape index (κ2) is 6.78. The molecular formula is C12H17N3O4S. The summed E-state index contributed by atoms with van der Waals surface area (Å²) in [5.74, 6) is 0.451. The zero-order valence-corrected chi connectivity index (χ0v) is 11.7. The van der Waals surface area contributed by atoms with E-state index in [0.29, 0.717) is 18.2 Å². The molecule has 0 bridgehead atoms. The Morgan fingerprint density at radius 1 is 1.45 bits per heavy atom. The van der Waals surface area contributed by atoms with E-state index < -0.39 is 15.9 Å². The highest BCUT2D eigenvalue weighted by Gasteiger charge is 2.18. The molecule has 110 valence electrons. The molecule has 0 radical (unpaired) electrons. The summed E-state index contributed by atoms with van der Waals surface area (Å²) in [7, 11) is -1.72. The SMILES string of the molecule is NS(=O)c1ccc(NCC2CCOCC2)c([N+](=O)[O-])c1. The van der Waals surface area contributed by atoms with Gasteiger partial charge in [-0.25, -0.2) is 9.35 Å². The van der Waals surface area contributed by atoms with Gasteiger partial charge in [-0.15, -0.1) is 0 Å². The summed E-state index contributed by atoms with van der Waals surface area (Å²) in [5.41, 5.74) is 0.323. The second-order valence-corrected chi connectivity index (χ2v) is 5.74. The molecule has 0 aromatic heterocycles. The fourth-order valence-corrected chi connectivity index (χ4v) is 2.57. The predicted molar refractivity (Wildman–Crippen MR) is 75.7 cm³/mol. The molecule has 20 heavy (non-hydrogen) atoms. The summed E-state index contributed by atoms with van der Waals surface area (Å²) in [6, 6.07) is 4.34. The number of nitrogens with one attached hydrogen (secondary N) is 1. The van der Waals surface area contributed by atoms with Gasteiger partial charge in [0.2, 0.25) is 0 Å². The molecule has 3 N–H and O–H groups in total. The van der Waals surface area contributed by atoms with E-state index in [0.717, 1.165) is 26.1 Å². The molecule has 0 saturated carbocycles. The van der Waals surface area contributed by atoms with Crippen LogP contribution < -0.4 is 10.5 Å². The summed E-state index contributed by atoms with van der Waals surface area (Å²) in [6.07, 6.45) is 1.90. The molecule has 1 unspecified atom stereocenters. The molecule has 0 spiro atoms. The Balaban J connectivity index is 2.09. The van der Waals surface area contributed by atoms with Crippen molar-refractivity contribution in [2.24, 2.45) is 11.1 Å². The lowest BCUT2D eigenvalue weighted by Gasteiger charge is -2.22. The van der Waals surface area contributed by atoms with Crippen molar-refractivity contribution in [1.82, 2.24) is 0 Å². The minimum absolute atomic E-state index is 0.103. The van der Waals surface area contributed by atoms with Crippen molar-refractivity contribution in [3.05, 3.63) is 28.3 Å². The molecule has 8 heteroatoms. The molecule has 2 rings (SSSR count). The van der Waals surface area contributed by atoms with E-state index in [1.807, 2.05) is 0 Å². The van der Waals surface area contributed by atoms with Gasteiger partial charge in [-0.05, 0) is 30.9 Å². The van der Waals surface area contributed by atoms with Crippen LogP contribution >= 0.6 is 0 Å². The van der Waals surface area contributed by atoms with Crippen LogP contribution in [0, 0.1) is 16.0 Å². The van der Waals surface area contributed by atoms with Crippen molar-refractivity contribution in [1.29, 1.82) is 0 Å². The van der Waals surface area contributed by atoms with Crippen LogP contribution in [0.3, 0.4) is 0 Å². The van der Waals surface area contributed by atoms with Gasteiger partial charge in [0, 0.05) is 25.8 Å². The average Bonchev–Trinajstić information content (AvgIpc) is 2.45. The molecular weight excluding hydrogens is 282 g/mol. The average molecular weight is 299 g/mol. The Hall–Kier alpha value is -1.51. The van der Waals surface area contributed by atoms with Gasteiger partial charge in [-0.3, -0.25) is 10.1 Å². The molecule has 1 aliphatic rings. The lowest BCUT2D eigenvalue weighted by atomic mass is 10.0. The van der Waals surface area contributed by atoms with Gasteiger partial charge >= 0.3 is 0 Å².